The summed E-state index contributed by atoms with van der Waals surface area (Å²) < 4.78 is 14.6. The Balaban J connectivity index is 2.69. The fourth-order valence-corrected chi connectivity index (χ4v) is 2.05. The summed E-state index contributed by atoms with van der Waals surface area (Å²) in [4.78, 5) is 24.6. The molecule has 0 aliphatic carbocycles. The molecule has 25 heavy (non-hydrogen) atoms. The number of nitrogens with zero attached hydrogens (tertiary/aromatic N) is 1. The average molecular weight is 347 g/mol. The van der Waals surface area contributed by atoms with Crippen molar-refractivity contribution in [2.24, 2.45) is 0 Å². The zero-order valence-electron chi connectivity index (χ0n) is 14.9. The Bertz CT molecular complexity index is 592. The van der Waals surface area contributed by atoms with Gasteiger partial charge in [-0.25, -0.2) is 9.59 Å². The van der Waals surface area contributed by atoms with Crippen LogP contribution < -0.4 is 4.74 Å². The summed E-state index contributed by atoms with van der Waals surface area (Å²) in [6, 6.07) is 7.74. The molecule has 0 spiro atoms. The van der Waals surface area contributed by atoms with Crippen LogP contribution in [0.5, 0.6) is 5.75 Å². The normalized spacial score (nSPS) is 11.2. The van der Waals surface area contributed by atoms with Crippen molar-refractivity contribution in [3.05, 3.63) is 54.1 Å². The molecule has 6 heteroatoms. The fourth-order valence-electron chi connectivity index (χ4n) is 2.05. The highest BCUT2D eigenvalue weighted by Crippen LogP contribution is 2.13. The van der Waals surface area contributed by atoms with E-state index in [4.69, 9.17) is 9.47 Å². The van der Waals surface area contributed by atoms with Gasteiger partial charge in [-0.05, 0) is 24.6 Å². The van der Waals surface area contributed by atoms with Gasteiger partial charge in [-0.1, -0.05) is 24.3 Å². The van der Waals surface area contributed by atoms with E-state index in [0.29, 0.717) is 26.2 Å². The van der Waals surface area contributed by atoms with Gasteiger partial charge in [0, 0.05) is 31.8 Å². The molecular weight excluding hydrogens is 322 g/mol. The molecule has 0 aliphatic heterocycles. The van der Waals surface area contributed by atoms with E-state index in [-0.39, 0.29) is 5.97 Å². The lowest BCUT2D eigenvalue weighted by Crippen LogP contribution is -2.24. The summed E-state index contributed by atoms with van der Waals surface area (Å²) in [7, 11) is 2.96. The topological polar surface area (TPSA) is 65.1 Å². The van der Waals surface area contributed by atoms with Gasteiger partial charge in [0.2, 0.25) is 0 Å². The maximum absolute atomic E-state index is 11.4. The van der Waals surface area contributed by atoms with Crippen LogP contribution in [0, 0.1) is 0 Å². The van der Waals surface area contributed by atoms with Gasteiger partial charge in [0.05, 0.1) is 20.8 Å². The summed E-state index contributed by atoms with van der Waals surface area (Å²) >= 11 is 0. The molecule has 0 aliphatic rings. The smallest absolute Gasteiger partial charge is 0.330 e. The van der Waals surface area contributed by atoms with Crippen LogP contribution in [-0.2, 0) is 25.6 Å². The van der Waals surface area contributed by atoms with Crippen LogP contribution in [0.4, 0.5) is 0 Å². The Kier molecular flexibility index (Phi) is 9.70. The molecule has 0 amide bonds. The molecule has 1 rings (SSSR count). The zero-order valence-corrected chi connectivity index (χ0v) is 14.9. The number of carbonyl (C=O) groups excluding carboxylic acids is 2. The van der Waals surface area contributed by atoms with E-state index in [1.54, 1.807) is 26.2 Å². The zero-order chi connectivity index (χ0) is 18.5. The van der Waals surface area contributed by atoms with Crippen LogP contribution >= 0.6 is 0 Å². The number of hydrogen-bond acceptors (Lipinski definition) is 6. The van der Waals surface area contributed by atoms with Gasteiger partial charge in [0.25, 0.3) is 0 Å². The van der Waals surface area contributed by atoms with E-state index >= 15 is 0 Å². The second-order valence-corrected chi connectivity index (χ2v) is 5.12. The average Bonchev–Trinajstić information content (AvgIpc) is 2.62. The SMILES string of the molecule is CCOC(=O)/C=C/CN(C/C=C/C(=O)OC)Cc1ccc(OC)cc1. The summed E-state index contributed by atoms with van der Waals surface area (Å²) in [5.74, 6) is 0.0338. The molecular formula is C19H25NO5. The number of rotatable bonds is 10. The molecule has 0 saturated carbocycles. The number of benzene rings is 1. The van der Waals surface area contributed by atoms with Gasteiger partial charge in [-0.3, -0.25) is 4.90 Å². The lowest BCUT2D eigenvalue weighted by Gasteiger charge is -2.19. The van der Waals surface area contributed by atoms with Gasteiger partial charge in [-0.2, -0.15) is 0 Å². The highest BCUT2D eigenvalue weighted by atomic mass is 16.5. The molecule has 0 fully saturated rings. The maximum atomic E-state index is 11.4. The van der Waals surface area contributed by atoms with Gasteiger partial charge in [0.1, 0.15) is 5.75 Å². The summed E-state index contributed by atoms with van der Waals surface area (Å²) in [6.07, 6.45) is 6.27. The molecule has 0 saturated heterocycles. The van der Waals surface area contributed by atoms with Gasteiger partial charge < -0.3 is 14.2 Å². The lowest BCUT2D eigenvalue weighted by molar-refractivity contribution is -0.137. The van der Waals surface area contributed by atoms with Gasteiger partial charge in [0.15, 0.2) is 0 Å². The Hall–Kier alpha value is -2.60. The van der Waals surface area contributed by atoms with E-state index < -0.39 is 5.97 Å². The molecule has 0 N–H and O–H groups in total. The molecule has 1 aromatic rings. The Morgan fingerprint density at radius 2 is 1.60 bits per heavy atom. The number of methoxy groups -OCH3 is 2. The highest BCUT2D eigenvalue weighted by molar-refractivity contribution is 5.82. The van der Waals surface area contributed by atoms with E-state index in [0.717, 1.165) is 11.3 Å². The molecule has 1 aromatic carbocycles. The van der Waals surface area contributed by atoms with E-state index in [9.17, 15) is 9.59 Å². The van der Waals surface area contributed by atoms with Crippen molar-refractivity contribution in [1.82, 2.24) is 4.90 Å². The van der Waals surface area contributed by atoms with Crippen molar-refractivity contribution in [3.8, 4) is 5.75 Å². The van der Waals surface area contributed by atoms with Gasteiger partial charge in [-0.15, -0.1) is 0 Å². The van der Waals surface area contributed by atoms with Crippen molar-refractivity contribution in [2.45, 2.75) is 13.5 Å². The number of esters is 2. The molecule has 0 radical (unpaired) electrons. The Morgan fingerprint density at radius 1 is 1.00 bits per heavy atom. The first-order valence-electron chi connectivity index (χ1n) is 8.02. The predicted octanol–water partition coefficient (Wildman–Crippen LogP) is 2.35. The van der Waals surface area contributed by atoms with E-state index in [1.807, 2.05) is 24.3 Å². The molecule has 0 unspecified atom stereocenters. The number of carbonyl (C=O) groups is 2. The van der Waals surface area contributed by atoms with Gasteiger partial charge >= 0.3 is 11.9 Å². The minimum Gasteiger partial charge on any atom is -0.497 e. The standard InChI is InChI=1S/C19H25NO5/c1-4-25-19(22)8-6-14-20(13-5-7-18(21)24-3)15-16-9-11-17(23-2)12-10-16/h5-12H,4,13-15H2,1-3H3/b7-5+,8-6+. The number of hydrogen-bond donors (Lipinski definition) is 0. The third kappa shape index (κ3) is 8.72. The first-order valence-corrected chi connectivity index (χ1v) is 8.02. The molecule has 0 aromatic heterocycles. The van der Waals surface area contributed by atoms with Crippen LogP contribution in [0.1, 0.15) is 12.5 Å². The molecule has 136 valence electrons. The predicted molar refractivity (Wildman–Crippen MR) is 95.2 cm³/mol. The molecule has 0 heterocycles. The Labute approximate surface area is 148 Å². The second kappa shape index (κ2) is 11.9. The van der Waals surface area contributed by atoms with Crippen molar-refractivity contribution in [1.29, 1.82) is 0 Å². The van der Waals surface area contributed by atoms with E-state index in [1.165, 1.54) is 19.3 Å². The third-order valence-electron chi connectivity index (χ3n) is 3.29. The molecule has 0 atom stereocenters. The largest absolute Gasteiger partial charge is 0.497 e. The van der Waals surface area contributed by atoms with Crippen molar-refractivity contribution in [3.63, 3.8) is 0 Å². The third-order valence-corrected chi connectivity index (χ3v) is 3.29. The van der Waals surface area contributed by atoms with Crippen LogP contribution in [0.15, 0.2) is 48.6 Å². The van der Waals surface area contributed by atoms with Crippen molar-refractivity contribution >= 4 is 11.9 Å². The lowest BCUT2D eigenvalue weighted by atomic mass is 10.2. The van der Waals surface area contributed by atoms with E-state index in [2.05, 4.69) is 9.64 Å². The quantitative estimate of drug-likeness (QED) is 0.478. The van der Waals surface area contributed by atoms with Crippen molar-refractivity contribution in [2.75, 3.05) is 33.9 Å². The second-order valence-electron chi connectivity index (χ2n) is 5.12. The van der Waals surface area contributed by atoms with Crippen LogP contribution in [0.25, 0.3) is 0 Å². The highest BCUT2D eigenvalue weighted by Gasteiger charge is 2.04. The minimum absolute atomic E-state index is 0.348. The Morgan fingerprint density at radius 3 is 2.12 bits per heavy atom. The fraction of sp³-hybridized carbons (Fsp3) is 0.368. The first-order chi connectivity index (χ1) is 12.1. The first kappa shape index (κ1) is 20.4. The maximum Gasteiger partial charge on any atom is 0.330 e. The van der Waals surface area contributed by atoms with Crippen molar-refractivity contribution < 1.29 is 23.8 Å². The summed E-state index contributed by atoms with van der Waals surface area (Å²) in [5.41, 5.74) is 1.09. The molecule has 6 nitrogen and oxygen atoms in total. The monoisotopic (exact) mass is 347 g/mol. The summed E-state index contributed by atoms with van der Waals surface area (Å²) in [5, 5.41) is 0. The van der Waals surface area contributed by atoms with Crippen LogP contribution in [0.3, 0.4) is 0 Å². The van der Waals surface area contributed by atoms with Crippen LogP contribution in [-0.4, -0.2) is 50.8 Å². The molecule has 0 bridgehead atoms. The number of ether oxygens (including phenoxy) is 3. The summed E-state index contributed by atoms with van der Waals surface area (Å²) in [6.45, 7) is 3.84. The van der Waals surface area contributed by atoms with Crippen LogP contribution in [0.2, 0.25) is 0 Å². The minimum atomic E-state index is -0.397.